The van der Waals surface area contributed by atoms with E-state index in [1.165, 1.54) is 0 Å². The van der Waals surface area contributed by atoms with Crippen LogP contribution in [-0.4, -0.2) is 29.2 Å². The first-order valence-electron chi connectivity index (χ1n) is 5.39. The molecule has 1 aliphatic heterocycles. The number of amidine groups is 1. The van der Waals surface area contributed by atoms with Crippen molar-refractivity contribution in [2.24, 2.45) is 4.99 Å². The van der Waals surface area contributed by atoms with Crippen molar-refractivity contribution >= 4 is 23.3 Å². The molecule has 16 heavy (non-hydrogen) atoms. The van der Waals surface area contributed by atoms with Crippen molar-refractivity contribution < 1.29 is 4.79 Å². The highest BCUT2D eigenvalue weighted by molar-refractivity contribution is 6.34. The van der Waals surface area contributed by atoms with Crippen molar-refractivity contribution in [3.8, 4) is 0 Å². The molecule has 0 atom stereocenters. The molecule has 0 N–H and O–H groups in total. The van der Waals surface area contributed by atoms with Crippen molar-refractivity contribution in [2.45, 2.75) is 18.9 Å². The molecule has 3 rings (SSSR count). The molecular formula is C12H11ClN2O. The van der Waals surface area contributed by atoms with E-state index in [2.05, 4.69) is 4.99 Å². The summed E-state index contributed by atoms with van der Waals surface area (Å²) < 4.78 is 0. The van der Waals surface area contributed by atoms with Crippen molar-refractivity contribution in [1.82, 2.24) is 4.90 Å². The lowest BCUT2D eigenvalue weighted by atomic mass is 10.2. The number of carbonyl (C=O) groups is 1. The van der Waals surface area contributed by atoms with Crippen LogP contribution in [0.4, 0.5) is 0 Å². The Morgan fingerprint density at radius 2 is 2.06 bits per heavy atom. The van der Waals surface area contributed by atoms with E-state index in [0.29, 0.717) is 11.1 Å². The fraction of sp³-hybridized carbons (Fsp3) is 0.333. The Balaban J connectivity index is 2.00. The first-order chi connectivity index (χ1) is 7.77. The van der Waals surface area contributed by atoms with Crippen LogP contribution in [0.5, 0.6) is 0 Å². The average molecular weight is 235 g/mol. The van der Waals surface area contributed by atoms with Gasteiger partial charge < -0.3 is 0 Å². The molecule has 1 heterocycles. The van der Waals surface area contributed by atoms with Gasteiger partial charge in [0, 0.05) is 11.6 Å². The summed E-state index contributed by atoms with van der Waals surface area (Å²) in [4.78, 5) is 17.8. The lowest BCUT2D eigenvalue weighted by Gasteiger charge is -2.18. The summed E-state index contributed by atoms with van der Waals surface area (Å²) in [7, 11) is 0. The Morgan fingerprint density at radius 1 is 1.31 bits per heavy atom. The Bertz CT molecular complexity index is 480. The van der Waals surface area contributed by atoms with Gasteiger partial charge in [-0.05, 0) is 25.0 Å². The Labute approximate surface area is 98.7 Å². The van der Waals surface area contributed by atoms with Gasteiger partial charge in [0.05, 0.1) is 5.02 Å². The van der Waals surface area contributed by atoms with Crippen LogP contribution >= 0.6 is 11.6 Å². The van der Waals surface area contributed by atoms with Crippen LogP contribution in [-0.2, 0) is 4.79 Å². The van der Waals surface area contributed by atoms with Gasteiger partial charge in [0.25, 0.3) is 0 Å². The van der Waals surface area contributed by atoms with Gasteiger partial charge in [-0.1, -0.05) is 23.7 Å². The van der Waals surface area contributed by atoms with Crippen LogP contribution in [0.15, 0.2) is 29.3 Å². The zero-order chi connectivity index (χ0) is 11.1. The second kappa shape index (κ2) is 3.59. The molecule has 2 aliphatic rings. The second-order valence-corrected chi connectivity index (χ2v) is 4.52. The summed E-state index contributed by atoms with van der Waals surface area (Å²) in [6.07, 6.45) is 2.16. The molecule has 0 unspecified atom stereocenters. The zero-order valence-corrected chi connectivity index (χ0v) is 9.44. The number of amides is 1. The maximum Gasteiger partial charge on any atom is 0.250 e. The van der Waals surface area contributed by atoms with Gasteiger partial charge >= 0.3 is 0 Å². The molecule has 4 heteroatoms. The minimum absolute atomic E-state index is 0.0948. The monoisotopic (exact) mass is 234 g/mol. The molecule has 1 aliphatic carbocycles. The predicted octanol–water partition coefficient (Wildman–Crippen LogP) is 2.09. The molecule has 1 aromatic rings. The highest BCUT2D eigenvalue weighted by Crippen LogP contribution is 2.32. The third kappa shape index (κ3) is 1.52. The van der Waals surface area contributed by atoms with Crippen molar-refractivity contribution in [1.29, 1.82) is 0 Å². The fourth-order valence-corrected chi connectivity index (χ4v) is 2.20. The molecule has 0 spiro atoms. The second-order valence-electron chi connectivity index (χ2n) is 4.11. The summed E-state index contributed by atoms with van der Waals surface area (Å²) in [5.74, 6) is 0.843. The number of halogens is 1. The van der Waals surface area contributed by atoms with Gasteiger partial charge in [0.2, 0.25) is 5.91 Å². The molecule has 1 fully saturated rings. The highest BCUT2D eigenvalue weighted by atomic mass is 35.5. The van der Waals surface area contributed by atoms with E-state index in [-0.39, 0.29) is 12.5 Å². The summed E-state index contributed by atoms with van der Waals surface area (Å²) in [6.45, 7) is 0.261. The molecule has 1 amide bonds. The number of carbonyl (C=O) groups excluding carboxylic acids is 1. The van der Waals surface area contributed by atoms with Crippen LogP contribution in [0.25, 0.3) is 0 Å². The van der Waals surface area contributed by atoms with Gasteiger partial charge in [-0.15, -0.1) is 0 Å². The summed E-state index contributed by atoms with van der Waals surface area (Å²) >= 11 is 6.12. The molecule has 0 saturated heterocycles. The number of benzene rings is 1. The van der Waals surface area contributed by atoms with Crippen LogP contribution < -0.4 is 0 Å². The van der Waals surface area contributed by atoms with Crippen LogP contribution in [0.2, 0.25) is 5.02 Å². The SMILES string of the molecule is O=C1CN=C(c2ccccc2Cl)N1C1CC1. The van der Waals surface area contributed by atoms with Gasteiger partial charge in [-0.3, -0.25) is 14.7 Å². The van der Waals surface area contributed by atoms with Gasteiger partial charge in [-0.2, -0.15) is 0 Å². The Morgan fingerprint density at radius 3 is 2.75 bits per heavy atom. The molecular weight excluding hydrogens is 224 g/mol. The lowest BCUT2D eigenvalue weighted by molar-refractivity contribution is -0.125. The average Bonchev–Trinajstić information content (AvgIpc) is 3.04. The maximum absolute atomic E-state index is 11.7. The molecule has 82 valence electrons. The minimum Gasteiger partial charge on any atom is -0.292 e. The maximum atomic E-state index is 11.7. The quantitative estimate of drug-likeness (QED) is 0.771. The molecule has 1 saturated carbocycles. The number of rotatable bonds is 2. The van der Waals surface area contributed by atoms with Crippen molar-refractivity contribution in [2.75, 3.05) is 6.54 Å². The molecule has 0 aromatic heterocycles. The van der Waals surface area contributed by atoms with Gasteiger partial charge in [0.1, 0.15) is 12.4 Å². The first-order valence-corrected chi connectivity index (χ1v) is 5.76. The van der Waals surface area contributed by atoms with E-state index < -0.39 is 0 Å². The molecule has 1 aromatic carbocycles. The zero-order valence-electron chi connectivity index (χ0n) is 8.69. The summed E-state index contributed by atoms with van der Waals surface area (Å²) in [5, 5.41) is 0.654. The summed E-state index contributed by atoms with van der Waals surface area (Å²) in [5.41, 5.74) is 0.863. The topological polar surface area (TPSA) is 32.7 Å². The van der Waals surface area contributed by atoms with E-state index in [9.17, 15) is 4.79 Å². The standard InChI is InChI=1S/C12H11ClN2O/c13-10-4-2-1-3-9(10)12-14-7-11(16)15(12)8-5-6-8/h1-4,8H,5-7H2. The smallest absolute Gasteiger partial charge is 0.250 e. The first kappa shape index (κ1) is 9.85. The molecule has 0 bridgehead atoms. The van der Waals surface area contributed by atoms with Crippen LogP contribution in [0, 0.1) is 0 Å². The van der Waals surface area contributed by atoms with Gasteiger partial charge in [0.15, 0.2) is 0 Å². The summed E-state index contributed by atoms with van der Waals surface area (Å²) in [6, 6.07) is 7.88. The Kier molecular flexibility index (Phi) is 2.21. The van der Waals surface area contributed by atoms with E-state index in [1.807, 2.05) is 24.3 Å². The van der Waals surface area contributed by atoms with Crippen molar-refractivity contribution in [3.63, 3.8) is 0 Å². The van der Waals surface area contributed by atoms with E-state index in [1.54, 1.807) is 4.90 Å². The predicted molar refractivity (Wildman–Crippen MR) is 62.7 cm³/mol. The van der Waals surface area contributed by atoms with Crippen LogP contribution in [0.3, 0.4) is 0 Å². The Hall–Kier alpha value is -1.35. The van der Waals surface area contributed by atoms with E-state index >= 15 is 0 Å². The molecule has 0 radical (unpaired) electrons. The minimum atomic E-state index is 0.0948. The lowest BCUT2D eigenvalue weighted by Crippen LogP contribution is -2.35. The third-order valence-electron chi connectivity index (χ3n) is 2.89. The number of aliphatic imine (C=N–C) groups is 1. The van der Waals surface area contributed by atoms with E-state index in [4.69, 9.17) is 11.6 Å². The largest absolute Gasteiger partial charge is 0.292 e. The number of hydrogen-bond acceptors (Lipinski definition) is 2. The van der Waals surface area contributed by atoms with Gasteiger partial charge in [-0.25, -0.2) is 0 Å². The normalized spacial score (nSPS) is 20.2. The number of nitrogens with zero attached hydrogens (tertiary/aromatic N) is 2. The van der Waals surface area contributed by atoms with E-state index in [0.717, 1.165) is 24.2 Å². The third-order valence-corrected chi connectivity index (χ3v) is 3.22. The fourth-order valence-electron chi connectivity index (χ4n) is 1.98. The highest BCUT2D eigenvalue weighted by Gasteiger charge is 2.39. The number of hydrogen-bond donors (Lipinski definition) is 0. The van der Waals surface area contributed by atoms with Crippen LogP contribution in [0.1, 0.15) is 18.4 Å². The molecule has 3 nitrogen and oxygen atoms in total. The van der Waals surface area contributed by atoms with Crippen molar-refractivity contribution in [3.05, 3.63) is 34.9 Å².